The van der Waals surface area contributed by atoms with E-state index in [0.29, 0.717) is 19.0 Å². The first-order chi connectivity index (χ1) is 9.69. The summed E-state index contributed by atoms with van der Waals surface area (Å²) >= 11 is 0. The lowest BCUT2D eigenvalue weighted by atomic mass is 10.2. The molecule has 0 amide bonds. The van der Waals surface area contributed by atoms with Crippen LogP contribution in [0.3, 0.4) is 0 Å². The summed E-state index contributed by atoms with van der Waals surface area (Å²) < 4.78 is 10.7. The van der Waals surface area contributed by atoms with Gasteiger partial charge >= 0.3 is 5.69 Å². The van der Waals surface area contributed by atoms with Crippen LogP contribution in [0.4, 0.5) is 11.4 Å². The van der Waals surface area contributed by atoms with Gasteiger partial charge in [-0.05, 0) is 25.8 Å². The van der Waals surface area contributed by atoms with Crippen molar-refractivity contribution < 1.29 is 14.4 Å². The molecule has 0 aliphatic rings. The number of rotatable bonds is 10. The standard InChI is InChI=1S/C14H22N2O4/c1-3-9-19-10-5-8-15-12-6-7-13(16(17)18)14(11-12)20-4-2/h6-7,11,15H,3-5,8-10H2,1-2H3. The minimum Gasteiger partial charge on any atom is -0.487 e. The summed E-state index contributed by atoms with van der Waals surface area (Å²) in [6.45, 7) is 6.53. The average Bonchev–Trinajstić information content (AvgIpc) is 2.43. The zero-order chi connectivity index (χ0) is 14.8. The molecule has 0 aromatic heterocycles. The number of nitrogens with one attached hydrogen (secondary N) is 1. The van der Waals surface area contributed by atoms with Crippen LogP contribution in [0.1, 0.15) is 26.7 Å². The summed E-state index contributed by atoms with van der Waals surface area (Å²) in [6.07, 6.45) is 1.91. The van der Waals surface area contributed by atoms with E-state index in [9.17, 15) is 10.1 Å². The number of nitrogens with zero attached hydrogens (tertiary/aromatic N) is 1. The highest BCUT2D eigenvalue weighted by molar-refractivity contribution is 5.57. The summed E-state index contributed by atoms with van der Waals surface area (Å²) in [5, 5.41) is 14.1. The smallest absolute Gasteiger partial charge is 0.311 e. The van der Waals surface area contributed by atoms with E-state index in [1.165, 1.54) is 6.07 Å². The van der Waals surface area contributed by atoms with Crippen LogP contribution in [0.15, 0.2) is 18.2 Å². The number of anilines is 1. The number of hydrogen-bond donors (Lipinski definition) is 1. The fourth-order valence-corrected chi connectivity index (χ4v) is 1.70. The zero-order valence-electron chi connectivity index (χ0n) is 12.1. The van der Waals surface area contributed by atoms with Crippen LogP contribution in [-0.4, -0.2) is 31.3 Å². The molecule has 0 atom stereocenters. The molecule has 1 N–H and O–H groups in total. The lowest BCUT2D eigenvalue weighted by Crippen LogP contribution is -2.06. The molecule has 1 rings (SSSR count). The lowest BCUT2D eigenvalue weighted by molar-refractivity contribution is -0.385. The van der Waals surface area contributed by atoms with Crippen LogP contribution >= 0.6 is 0 Å². The molecule has 6 nitrogen and oxygen atoms in total. The summed E-state index contributed by atoms with van der Waals surface area (Å²) in [7, 11) is 0. The first-order valence-electron chi connectivity index (χ1n) is 6.91. The minimum absolute atomic E-state index is 0.0105. The van der Waals surface area contributed by atoms with Crippen LogP contribution in [0.2, 0.25) is 0 Å². The Hall–Kier alpha value is -1.82. The molecule has 0 heterocycles. The van der Waals surface area contributed by atoms with Gasteiger partial charge in [0.25, 0.3) is 0 Å². The van der Waals surface area contributed by atoms with Gasteiger partial charge in [-0.25, -0.2) is 0 Å². The molecular formula is C14H22N2O4. The van der Waals surface area contributed by atoms with Gasteiger partial charge in [0.15, 0.2) is 5.75 Å². The molecule has 0 fully saturated rings. The van der Waals surface area contributed by atoms with Crippen molar-refractivity contribution in [2.24, 2.45) is 0 Å². The summed E-state index contributed by atoms with van der Waals surface area (Å²) in [4.78, 5) is 10.4. The van der Waals surface area contributed by atoms with Gasteiger partial charge in [-0.15, -0.1) is 0 Å². The molecular weight excluding hydrogens is 260 g/mol. The van der Waals surface area contributed by atoms with Crippen molar-refractivity contribution in [3.05, 3.63) is 28.3 Å². The second-order valence-electron chi connectivity index (χ2n) is 4.27. The van der Waals surface area contributed by atoms with Gasteiger partial charge in [0, 0.05) is 37.6 Å². The highest BCUT2D eigenvalue weighted by Gasteiger charge is 2.14. The van der Waals surface area contributed by atoms with Crippen molar-refractivity contribution in [2.75, 3.05) is 31.7 Å². The Labute approximate surface area is 119 Å². The molecule has 0 saturated carbocycles. The molecule has 20 heavy (non-hydrogen) atoms. The molecule has 0 aliphatic heterocycles. The van der Waals surface area contributed by atoms with Crippen LogP contribution in [0.25, 0.3) is 0 Å². The maximum atomic E-state index is 10.9. The Morgan fingerprint density at radius 1 is 1.30 bits per heavy atom. The van der Waals surface area contributed by atoms with Crippen molar-refractivity contribution >= 4 is 11.4 Å². The quantitative estimate of drug-likeness (QED) is 0.405. The van der Waals surface area contributed by atoms with Crippen LogP contribution in [0.5, 0.6) is 5.75 Å². The second kappa shape index (κ2) is 9.14. The number of nitro groups is 1. The summed E-state index contributed by atoms with van der Waals surface area (Å²) in [5.41, 5.74) is 0.804. The molecule has 0 radical (unpaired) electrons. The zero-order valence-corrected chi connectivity index (χ0v) is 12.1. The van der Waals surface area contributed by atoms with Crippen molar-refractivity contribution in [1.82, 2.24) is 0 Å². The largest absolute Gasteiger partial charge is 0.487 e. The number of nitro benzene ring substituents is 1. The Bertz CT molecular complexity index is 424. The lowest BCUT2D eigenvalue weighted by Gasteiger charge is -2.09. The first-order valence-corrected chi connectivity index (χ1v) is 6.91. The molecule has 1 aromatic carbocycles. The van der Waals surface area contributed by atoms with Gasteiger partial charge in [0.05, 0.1) is 11.5 Å². The second-order valence-corrected chi connectivity index (χ2v) is 4.27. The molecule has 0 spiro atoms. The van der Waals surface area contributed by atoms with Crippen LogP contribution in [0, 0.1) is 10.1 Å². The van der Waals surface area contributed by atoms with E-state index in [2.05, 4.69) is 12.2 Å². The van der Waals surface area contributed by atoms with E-state index in [4.69, 9.17) is 9.47 Å². The Morgan fingerprint density at radius 3 is 2.75 bits per heavy atom. The summed E-state index contributed by atoms with van der Waals surface area (Å²) in [5.74, 6) is 0.296. The maximum Gasteiger partial charge on any atom is 0.311 e. The molecule has 0 saturated heterocycles. The highest BCUT2D eigenvalue weighted by atomic mass is 16.6. The topological polar surface area (TPSA) is 73.6 Å². The van der Waals surface area contributed by atoms with Gasteiger partial charge in [0.2, 0.25) is 0 Å². The van der Waals surface area contributed by atoms with Crippen molar-refractivity contribution in [3.63, 3.8) is 0 Å². The Balaban J connectivity index is 2.50. The normalized spacial score (nSPS) is 10.3. The van der Waals surface area contributed by atoms with E-state index in [-0.39, 0.29) is 5.69 Å². The number of ether oxygens (including phenoxy) is 2. The molecule has 0 aliphatic carbocycles. The van der Waals surface area contributed by atoms with Crippen LogP contribution < -0.4 is 10.1 Å². The summed E-state index contributed by atoms with van der Waals surface area (Å²) in [6, 6.07) is 4.81. The van der Waals surface area contributed by atoms with Crippen molar-refractivity contribution in [2.45, 2.75) is 26.7 Å². The van der Waals surface area contributed by atoms with Gasteiger partial charge in [-0.2, -0.15) is 0 Å². The Morgan fingerprint density at radius 2 is 2.10 bits per heavy atom. The molecule has 6 heteroatoms. The SMILES string of the molecule is CCCOCCCNc1ccc([N+](=O)[O-])c(OCC)c1. The highest BCUT2D eigenvalue weighted by Crippen LogP contribution is 2.29. The van der Waals surface area contributed by atoms with E-state index >= 15 is 0 Å². The van der Waals surface area contributed by atoms with Crippen molar-refractivity contribution in [1.29, 1.82) is 0 Å². The van der Waals surface area contributed by atoms with E-state index in [0.717, 1.165) is 31.7 Å². The van der Waals surface area contributed by atoms with Gasteiger partial charge < -0.3 is 14.8 Å². The first kappa shape index (κ1) is 16.2. The molecule has 0 bridgehead atoms. The molecule has 0 unspecified atom stereocenters. The minimum atomic E-state index is -0.437. The maximum absolute atomic E-state index is 10.9. The molecule has 112 valence electrons. The fraction of sp³-hybridized carbons (Fsp3) is 0.571. The van der Waals surface area contributed by atoms with E-state index in [1.54, 1.807) is 19.1 Å². The van der Waals surface area contributed by atoms with Gasteiger partial charge in [-0.3, -0.25) is 10.1 Å². The third-order valence-corrected chi connectivity index (χ3v) is 2.60. The fourth-order valence-electron chi connectivity index (χ4n) is 1.70. The van der Waals surface area contributed by atoms with Crippen LogP contribution in [-0.2, 0) is 4.74 Å². The Kier molecular flexibility index (Phi) is 7.42. The van der Waals surface area contributed by atoms with E-state index in [1.807, 2.05) is 0 Å². The monoisotopic (exact) mass is 282 g/mol. The third kappa shape index (κ3) is 5.44. The van der Waals surface area contributed by atoms with Gasteiger partial charge in [-0.1, -0.05) is 6.92 Å². The predicted molar refractivity (Wildman–Crippen MR) is 78.5 cm³/mol. The number of hydrogen-bond acceptors (Lipinski definition) is 5. The number of benzene rings is 1. The third-order valence-electron chi connectivity index (χ3n) is 2.60. The van der Waals surface area contributed by atoms with Crippen molar-refractivity contribution in [3.8, 4) is 5.75 Å². The van der Waals surface area contributed by atoms with Gasteiger partial charge in [0.1, 0.15) is 0 Å². The van der Waals surface area contributed by atoms with E-state index < -0.39 is 4.92 Å². The predicted octanol–water partition coefficient (Wildman–Crippen LogP) is 3.22. The average molecular weight is 282 g/mol. The molecule has 1 aromatic rings.